The fourth-order valence-electron chi connectivity index (χ4n) is 3.59. The number of carbonyl (C=O) groups is 2. The van der Waals surface area contributed by atoms with Crippen LogP contribution in [0.1, 0.15) is 37.8 Å². The summed E-state index contributed by atoms with van der Waals surface area (Å²) in [4.78, 5) is 27.5. The molecule has 2 aromatic rings. The third kappa shape index (κ3) is 4.30. The van der Waals surface area contributed by atoms with Crippen LogP contribution in [0, 0.1) is 5.92 Å². The van der Waals surface area contributed by atoms with Crippen molar-refractivity contribution < 1.29 is 14.3 Å². The van der Waals surface area contributed by atoms with Crippen molar-refractivity contribution in [1.82, 2.24) is 4.90 Å². The van der Waals surface area contributed by atoms with Crippen molar-refractivity contribution in [1.29, 1.82) is 0 Å². The van der Waals surface area contributed by atoms with Crippen molar-refractivity contribution in [3.63, 3.8) is 0 Å². The molecule has 142 valence electrons. The molecule has 2 amide bonds. The molecule has 1 fully saturated rings. The van der Waals surface area contributed by atoms with Gasteiger partial charge < -0.3 is 15.0 Å². The second kappa shape index (κ2) is 8.71. The van der Waals surface area contributed by atoms with Gasteiger partial charge in [-0.05, 0) is 36.2 Å². The third-order valence-corrected chi connectivity index (χ3v) is 5.02. The lowest BCUT2D eigenvalue weighted by molar-refractivity contribution is -0.129. The molecule has 1 saturated heterocycles. The first-order chi connectivity index (χ1) is 13.1. The molecule has 27 heavy (non-hydrogen) atoms. The number of rotatable bonds is 7. The van der Waals surface area contributed by atoms with Crippen molar-refractivity contribution in [3.05, 3.63) is 60.2 Å². The van der Waals surface area contributed by atoms with Gasteiger partial charge in [-0.15, -0.1) is 0 Å². The molecule has 2 unspecified atom stereocenters. The van der Waals surface area contributed by atoms with Gasteiger partial charge >= 0.3 is 0 Å². The van der Waals surface area contributed by atoms with Gasteiger partial charge in [-0.1, -0.05) is 43.7 Å². The van der Waals surface area contributed by atoms with Crippen LogP contribution >= 0.6 is 0 Å². The topological polar surface area (TPSA) is 58.6 Å². The Morgan fingerprint density at radius 3 is 2.48 bits per heavy atom. The third-order valence-electron chi connectivity index (χ3n) is 5.02. The predicted octanol–water partition coefficient (Wildman–Crippen LogP) is 4.02. The number of methoxy groups -OCH3 is 1. The average Bonchev–Trinajstić information content (AvgIpc) is 3.03. The monoisotopic (exact) mass is 366 g/mol. The molecule has 5 heteroatoms. The van der Waals surface area contributed by atoms with Crippen molar-refractivity contribution in [2.24, 2.45) is 5.92 Å². The summed E-state index contributed by atoms with van der Waals surface area (Å²) in [6, 6.07) is 16.8. The van der Waals surface area contributed by atoms with Crippen molar-refractivity contribution in [2.75, 3.05) is 19.0 Å². The van der Waals surface area contributed by atoms with E-state index in [2.05, 4.69) is 12.2 Å². The standard InChI is InChI=1S/C22H26N2O3/c1-3-4-14-24-20(25)15-19(22(26)23-17-8-6-5-7-9-17)21(24)16-10-12-18(27-2)13-11-16/h5-13,19,21H,3-4,14-15H2,1-2H3,(H,23,26). The number of hydrogen-bond acceptors (Lipinski definition) is 3. The SMILES string of the molecule is CCCCN1C(=O)CC(C(=O)Nc2ccccc2)C1c1ccc(OC)cc1. The number of ether oxygens (including phenoxy) is 1. The summed E-state index contributed by atoms with van der Waals surface area (Å²) >= 11 is 0. The van der Waals surface area contributed by atoms with Gasteiger partial charge in [-0.3, -0.25) is 9.59 Å². The summed E-state index contributed by atoms with van der Waals surface area (Å²) in [6.45, 7) is 2.77. The molecule has 1 heterocycles. The lowest BCUT2D eigenvalue weighted by Gasteiger charge is -2.28. The fourth-order valence-corrected chi connectivity index (χ4v) is 3.59. The highest BCUT2D eigenvalue weighted by molar-refractivity contribution is 5.98. The summed E-state index contributed by atoms with van der Waals surface area (Å²) < 4.78 is 5.24. The minimum atomic E-state index is -0.414. The van der Waals surface area contributed by atoms with Crippen LogP contribution in [0.25, 0.3) is 0 Å². The van der Waals surface area contributed by atoms with Crippen LogP contribution in [0.2, 0.25) is 0 Å². The number of anilines is 1. The van der Waals surface area contributed by atoms with E-state index in [1.807, 2.05) is 59.5 Å². The van der Waals surface area contributed by atoms with Gasteiger partial charge in [0.25, 0.3) is 0 Å². The molecule has 0 bridgehead atoms. The van der Waals surface area contributed by atoms with Gasteiger partial charge in [0.05, 0.1) is 19.1 Å². The smallest absolute Gasteiger partial charge is 0.230 e. The largest absolute Gasteiger partial charge is 0.497 e. The molecule has 0 aromatic heterocycles. The van der Waals surface area contributed by atoms with Crippen LogP contribution < -0.4 is 10.1 Å². The minimum Gasteiger partial charge on any atom is -0.497 e. The summed E-state index contributed by atoms with van der Waals surface area (Å²) in [7, 11) is 1.62. The number of unbranched alkanes of at least 4 members (excludes halogenated alkanes) is 1. The summed E-state index contributed by atoms with van der Waals surface area (Å²) in [5.41, 5.74) is 1.71. The molecule has 1 aliphatic heterocycles. The van der Waals surface area contributed by atoms with Crippen molar-refractivity contribution in [3.8, 4) is 5.75 Å². The maximum absolute atomic E-state index is 13.0. The van der Waals surface area contributed by atoms with E-state index in [-0.39, 0.29) is 24.3 Å². The highest BCUT2D eigenvalue weighted by Gasteiger charge is 2.44. The summed E-state index contributed by atoms with van der Waals surface area (Å²) in [6.07, 6.45) is 2.16. The molecule has 1 aliphatic rings. The Labute approximate surface area is 160 Å². The quantitative estimate of drug-likeness (QED) is 0.805. The van der Waals surface area contributed by atoms with Gasteiger partial charge in [0.1, 0.15) is 5.75 Å². The Kier molecular flexibility index (Phi) is 6.12. The van der Waals surface area contributed by atoms with Gasteiger partial charge in [-0.25, -0.2) is 0 Å². The predicted molar refractivity (Wildman–Crippen MR) is 106 cm³/mol. The molecule has 1 N–H and O–H groups in total. The van der Waals surface area contributed by atoms with E-state index >= 15 is 0 Å². The number of likely N-dealkylation sites (tertiary alicyclic amines) is 1. The molecule has 0 spiro atoms. The number of carbonyl (C=O) groups excluding carboxylic acids is 2. The van der Waals surface area contributed by atoms with Crippen molar-refractivity contribution >= 4 is 17.5 Å². The van der Waals surface area contributed by atoms with Crippen LogP contribution in [-0.2, 0) is 9.59 Å². The Hall–Kier alpha value is -2.82. The Morgan fingerprint density at radius 2 is 1.85 bits per heavy atom. The molecule has 0 saturated carbocycles. The fraction of sp³-hybridized carbons (Fsp3) is 0.364. The van der Waals surface area contributed by atoms with Crippen molar-refractivity contribution in [2.45, 2.75) is 32.2 Å². The molecular formula is C22H26N2O3. The van der Waals surface area contributed by atoms with E-state index in [4.69, 9.17) is 4.74 Å². The Balaban J connectivity index is 1.87. The van der Waals surface area contributed by atoms with Gasteiger partial charge in [0.2, 0.25) is 11.8 Å². The summed E-state index contributed by atoms with van der Waals surface area (Å²) in [5, 5.41) is 2.96. The Bertz CT molecular complexity index is 774. The number of amides is 2. The normalized spacial score (nSPS) is 19.2. The van der Waals surface area contributed by atoms with E-state index in [1.165, 1.54) is 0 Å². The van der Waals surface area contributed by atoms with Crippen LogP contribution in [-0.4, -0.2) is 30.4 Å². The van der Waals surface area contributed by atoms with Gasteiger partial charge in [0.15, 0.2) is 0 Å². The van der Waals surface area contributed by atoms with E-state index in [1.54, 1.807) is 7.11 Å². The number of benzene rings is 2. The first-order valence-corrected chi connectivity index (χ1v) is 9.43. The molecular weight excluding hydrogens is 340 g/mol. The van der Waals surface area contributed by atoms with Crippen LogP contribution in [0.5, 0.6) is 5.75 Å². The van der Waals surface area contributed by atoms with Gasteiger partial charge in [-0.2, -0.15) is 0 Å². The minimum absolute atomic E-state index is 0.0393. The number of nitrogens with zero attached hydrogens (tertiary/aromatic N) is 1. The zero-order valence-electron chi connectivity index (χ0n) is 15.9. The summed E-state index contributed by atoms with van der Waals surface area (Å²) in [5.74, 6) is 0.267. The number of para-hydroxylation sites is 1. The maximum Gasteiger partial charge on any atom is 0.230 e. The molecule has 2 atom stereocenters. The highest BCUT2D eigenvalue weighted by atomic mass is 16.5. The van der Waals surface area contributed by atoms with Crippen LogP contribution in [0.15, 0.2) is 54.6 Å². The lowest BCUT2D eigenvalue weighted by atomic mass is 9.92. The second-order valence-corrected chi connectivity index (χ2v) is 6.82. The number of nitrogens with one attached hydrogen (secondary N) is 1. The maximum atomic E-state index is 13.0. The molecule has 2 aromatic carbocycles. The van der Waals surface area contributed by atoms with E-state index in [9.17, 15) is 9.59 Å². The zero-order valence-corrected chi connectivity index (χ0v) is 15.9. The lowest BCUT2D eigenvalue weighted by Crippen LogP contribution is -2.33. The first kappa shape index (κ1) is 19.0. The van der Waals surface area contributed by atoms with Gasteiger partial charge in [0, 0.05) is 18.7 Å². The molecule has 0 radical (unpaired) electrons. The highest BCUT2D eigenvalue weighted by Crippen LogP contribution is 2.39. The van der Waals surface area contributed by atoms with Crippen LogP contribution in [0.3, 0.4) is 0 Å². The second-order valence-electron chi connectivity index (χ2n) is 6.82. The Morgan fingerprint density at radius 1 is 1.15 bits per heavy atom. The molecule has 0 aliphatic carbocycles. The van der Waals surface area contributed by atoms with Crippen LogP contribution in [0.4, 0.5) is 5.69 Å². The van der Waals surface area contributed by atoms with E-state index in [0.29, 0.717) is 6.54 Å². The van der Waals surface area contributed by atoms with E-state index in [0.717, 1.165) is 29.8 Å². The zero-order chi connectivity index (χ0) is 19.2. The van der Waals surface area contributed by atoms with E-state index < -0.39 is 5.92 Å². The first-order valence-electron chi connectivity index (χ1n) is 9.43. The number of hydrogen-bond donors (Lipinski definition) is 1. The molecule has 3 rings (SSSR count). The molecule has 5 nitrogen and oxygen atoms in total. The average molecular weight is 366 g/mol.